The van der Waals surface area contributed by atoms with Gasteiger partial charge in [0.05, 0.1) is 17.4 Å². The number of fused-ring (bicyclic) bond motifs is 1. The molecule has 0 aliphatic heterocycles. The summed E-state index contributed by atoms with van der Waals surface area (Å²) in [6.07, 6.45) is 2.69. The first-order chi connectivity index (χ1) is 13.6. The molecule has 28 heavy (non-hydrogen) atoms. The number of aromatic nitrogens is 2. The third kappa shape index (κ3) is 3.72. The van der Waals surface area contributed by atoms with E-state index >= 15 is 0 Å². The molecule has 0 spiro atoms. The highest BCUT2D eigenvalue weighted by Gasteiger charge is 2.13. The number of imidazole rings is 1. The van der Waals surface area contributed by atoms with Gasteiger partial charge >= 0.3 is 0 Å². The number of phenols is 1. The summed E-state index contributed by atoms with van der Waals surface area (Å²) in [6, 6.07) is 19.7. The number of pyridine rings is 1. The first-order valence-corrected chi connectivity index (χ1v) is 8.89. The van der Waals surface area contributed by atoms with Crippen LogP contribution in [0.4, 0.5) is 0 Å². The van der Waals surface area contributed by atoms with Gasteiger partial charge in [-0.15, -0.1) is 0 Å². The predicted octanol–water partition coefficient (Wildman–Crippen LogP) is 3.17. The second kappa shape index (κ2) is 7.54. The van der Waals surface area contributed by atoms with Gasteiger partial charge in [0.2, 0.25) is 0 Å². The van der Waals surface area contributed by atoms with Crippen molar-refractivity contribution >= 4 is 11.6 Å². The van der Waals surface area contributed by atoms with Crippen molar-refractivity contribution in [1.82, 2.24) is 14.7 Å². The van der Waals surface area contributed by atoms with Gasteiger partial charge in [0.25, 0.3) is 5.91 Å². The molecule has 2 aromatic carbocycles. The van der Waals surface area contributed by atoms with Gasteiger partial charge in [0, 0.05) is 24.5 Å². The maximum absolute atomic E-state index is 12.5. The number of carbonyl (C=O) groups is 1. The molecular weight excluding hydrogens is 354 g/mol. The van der Waals surface area contributed by atoms with Gasteiger partial charge in [0.15, 0.2) is 0 Å². The normalized spacial score (nSPS) is 12.0. The minimum Gasteiger partial charge on any atom is -0.508 e. The SMILES string of the molecule is O=C(NC[C@@H](O)c1cccc(O)c1)c1ccc2nc(-c3ccccc3)cn2c1. The Morgan fingerprint density at radius 2 is 1.86 bits per heavy atom. The molecule has 6 heteroatoms. The van der Waals surface area contributed by atoms with Crippen LogP contribution in [-0.4, -0.2) is 32.0 Å². The number of benzene rings is 2. The highest BCUT2D eigenvalue weighted by molar-refractivity contribution is 5.94. The smallest absolute Gasteiger partial charge is 0.252 e. The molecule has 4 rings (SSSR count). The number of nitrogens with zero attached hydrogens (tertiary/aromatic N) is 2. The molecule has 0 unspecified atom stereocenters. The van der Waals surface area contributed by atoms with Crippen LogP contribution in [0.1, 0.15) is 22.0 Å². The maximum Gasteiger partial charge on any atom is 0.252 e. The van der Waals surface area contributed by atoms with E-state index in [9.17, 15) is 15.0 Å². The lowest BCUT2D eigenvalue weighted by molar-refractivity contribution is 0.0916. The largest absolute Gasteiger partial charge is 0.508 e. The second-order valence-corrected chi connectivity index (χ2v) is 6.50. The van der Waals surface area contributed by atoms with Gasteiger partial charge in [0.1, 0.15) is 11.4 Å². The molecule has 1 atom stereocenters. The van der Waals surface area contributed by atoms with Crippen molar-refractivity contribution in [1.29, 1.82) is 0 Å². The van der Waals surface area contributed by atoms with E-state index in [4.69, 9.17) is 0 Å². The number of aliphatic hydroxyl groups is 1. The van der Waals surface area contributed by atoms with Gasteiger partial charge in [-0.2, -0.15) is 0 Å². The number of phenolic OH excluding ortho intramolecular Hbond substituents is 1. The van der Waals surface area contributed by atoms with E-state index in [0.717, 1.165) is 16.9 Å². The summed E-state index contributed by atoms with van der Waals surface area (Å²) in [5, 5.41) is 22.4. The quantitative estimate of drug-likeness (QED) is 0.501. The summed E-state index contributed by atoms with van der Waals surface area (Å²) in [4.78, 5) is 17.0. The molecule has 0 saturated carbocycles. The predicted molar refractivity (Wildman–Crippen MR) is 106 cm³/mol. The Labute approximate surface area is 161 Å². The number of rotatable bonds is 5. The number of nitrogens with one attached hydrogen (secondary N) is 1. The Balaban J connectivity index is 1.48. The van der Waals surface area contributed by atoms with Crippen molar-refractivity contribution in [3.63, 3.8) is 0 Å². The molecule has 140 valence electrons. The second-order valence-electron chi connectivity index (χ2n) is 6.50. The molecule has 1 amide bonds. The van der Waals surface area contributed by atoms with Crippen LogP contribution >= 0.6 is 0 Å². The van der Waals surface area contributed by atoms with Crippen LogP contribution in [0.3, 0.4) is 0 Å². The summed E-state index contributed by atoms with van der Waals surface area (Å²) in [5.74, 6) is -0.223. The summed E-state index contributed by atoms with van der Waals surface area (Å²) < 4.78 is 1.81. The lowest BCUT2D eigenvalue weighted by atomic mass is 10.1. The van der Waals surface area contributed by atoms with Gasteiger partial charge in [-0.3, -0.25) is 4.79 Å². The van der Waals surface area contributed by atoms with E-state index < -0.39 is 6.10 Å². The fourth-order valence-electron chi connectivity index (χ4n) is 3.02. The zero-order valence-electron chi connectivity index (χ0n) is 15.0. The standard InChI is InChI=1S/C22H19N3O3/c26-18-8-4-7-16(11-18)20(27)12-23-22(28)17-9-10-21-24-19(14-25(21)13-17)15-5-2-1-3-6-15/h1-11,13-14,20,26-27H,12H2,(H,23,28)/t20-/m1/s1. The van der Waals surface area contributed by atoms with Crippen LogP contribution in [-0.2, 0) is 0 Å². The first-order valence-electron chi connectivity index (χ1n) is 8.89. The minimum absolute atomic E-state index is 0.0412. The van der Waals surface area contributed by atoms with E-state index in [0.29, 0.717) is 11.1 Å². The lowest BCUT2D eigenvalue weighted by Crippen LogP contribution is -2.28. The highest BCUT2D eigenvalue weighted by Crippen LogP contribution is 2.20. The average molecular weight is 373 g/mol. The van der Waals surface area contributed by atoms with Crippen LogP contribution in [0.5, 0.6) is 5.75 Å². The van der Waals surface area contributed by atoms with Crippen molar-refractivity contribution in [2.75, 3.05) is 6.54 Å². The monoisotopic (exact) mass is 373 g/mol. The van der Waals surface area contributed by atoms with Crippen molar-refractivity contribution in [2.45, 2.75) is 6.10 Å². The number of aromatic hydroxyl groups is 1. The van der Waals surface area contributed by atoms with Crippen LogP contribution in [0.2, 0.25) is 0 Å². The molecule has 0 radical (unpaired) electrons. The van der Waals surface area contributed by atoms with E-state index in [-0.39, 0.29) is 18.2 Å². The third-order valence-electron chi connectivity index (χ3n) is 4.49. The average Bonchev–Trinajstić information content (AvgIpc) is 3.16. The van der Waals surface area contributed by atoms with Crippen LogP contribution in [0, 0.1) is 0 Å². The van der Waals surface area contributed by atoms with Crippen LogP contribution in [0.25, 0.3) is 16.9 Å². The van der Waals surface area contributed by atoms with Crippen LogP contribution < -0.4 is 5.32 Å². The fraction of sp³-hybridized carbons (Fsp3) is 0.0909. The van der Waals surface area contributed by atoms with E-state index in [1.165, 1.54) is 12.1 Å². The van der Waals surface area contributed by atoms with E-state index in [2.05, 4.69) is 10.3 Å². The lowest BCUT2D eigenvalue weighted by Gasteiger charge is -2.12. The number of hydrogen-bond donors (Lipinski definition) is 3. The third-order valence-corrected chi connectivity index (χ3v) is 4.49. The molecule has 0 bridgehead atoms. The molecule has 0 aliphatic rings. The fourth-order valence-corrected chi connectivity index (χ4v) is 3.02. The Morgan fingerprint density at radius 1 is 1.04 bits per heavy atom. The molecule has 0 aliphatic carbocycles. The van der Waals surface area contributed by atoms with Gasteiger partial charge in [-0.05, 0) is 29.8 Å². The van der Waals surface area contributed by atoms with Crippen molar-refractivity contribution in [3.8, 4) is 17.0 Å². The molecule has 2 aromatic heterocycles. The van der Waals surface area contributed by atoms with Crippen molar-refractivity contribution in [3.05, 3.63) is 90.3 Å². The Hall–Kier alpha value is -3.64. The summed E-state index contributed by atoms with van der Waals surface area (Å²) in [5.41, 5.74) is 3.59. The number of hydrogen-bond acceptors (Lipinski definition) is 4. The van der Waals surface area contributed by atoms with Crippen LogP contribution in [0.15, 0.2) is 79.1 Å². The Morgan fingerprint density at radius 3 is 2.64 bits per heavy atom. The molecule has 0 fully saturated rings. The van der Waals surface area contributed by atoms with Crippen molar-refractivity contribution < 1.29 is 15.0 Å². The zero-order valence-corrected chi connectivity index (χ0v) is 15.0. The molecule has 0 saturated heterocycles. The number of amides is 1. The number of carbonyl (C=O) groups excluding carboxylic acids is 1. The summed E-state index contributed by atoms with van der Waals surface area (Å²) in [7, 11) is 0. The maximum atomic E-state index is 12.5. The molecular formula is C22H19N3O3. The van der Waals surface area contributed by atoms with E-state index in [1.54, 1.807) is 30.5 Å². The van der Waals surface area contributed by atoms with E-state index in [1.807, 2.05) is 40.9 Å². The van der Waals surface area contributed by atoms with Gasteiger partial charge in [-0.25, -0.2) is 4.98 Å². The van der Waals surface area contributed by atoms with Gasteiger partial charge in [-0.1, -0.05) is 42.5 Å². The first kappa shape index (κ1) is 17.8. The Bertz CT molecular complexity index is 1120. The minimum atomic E-state index is -0.905. The van der Waals surface area contributed by atoms with Gasteiger partial charge < -0.3 is 19.9 Å². The topological polar surface area (TPSA) is 86.9 Å². The Kier molecular flexibility index (Phi) is 4.78. The van der Waals surface area contributed by atoms with Crippen molar-refractivity contribution in [2.24, 2.45) is 0 Å². The molecule has 4 aromatic rings. The summed E-state index contributed by atoms with van der Waals surface area (Å²) >= 11 is 0. The zero-order chi connectivity index (χ0) is 19.5. The number of aliphatic hydroxyl groups excluding tert-OH is 1. The summed E-state index contributed by atoms with van der Waals surface area (Å²) in [6.45, 7) is 0.0412. The molecule has 6 nitrogen and oxygen atoms in total. The molecule has 3 N–H and O–H groups in total. The highest BCUT2D eigenvalue weighted by atomic mass is 16.3. The molecule has 2 heterocycles.